The topological polar surface area (TPSA) is 142 Å². The molecule has 370 valence electrons. The molecule has 0 spiro atoms. The molecule has 0 bridgehead atoms. The standard InChI is InChI=1S/C60H38O12P4/c1-9-27-47-39(19-1)40-20-2-10-28-48(40)62-73(61-47)69-55-35-17-36-56(70-74-63-49-29-11-3-21-41(49)42-22-4-12-30-50(42)64-74)59(55)60-57(71-75-65-51-31-13-5-23-43(51)44-24-6-14-32-52(44)66-75)37-18-38-58(60)72-76-67-53-33-15-7-25-45(53)46-26-8-16-34-54(46)68-76/h1-38H. The Kier molecular flexibility index (Phi) is 11.8. The maximum Gasteiger partial charge on any atom is 0.453 e. The molecule has 14 aromatic rings. The Morgan fingerprint density at radius 1 is 0.184 bits per heavy atom. The first-order chi connectivity index (χ1) is 37.6. The molecule has 0 aliphatic carbocycles. The van der Waals surface area contributed by atoms with Gasteiger partial charge in [-0.15, -0.1) is 0 Å². The third-order valence-corrected chi connectivity index (χ3v) is 16.7. The van der Waals surface area contributed by atoms with Crippen molar-refractivity contribution in [3.05, 3.63) is 231 Å². The van der Waals surface area contributed by atoms with Gasteiger partial charge in [0.15, 0.2) is 0 Å². The Bertz CT molecular complexity index is 3900. The number of rotatable bonds is 9. The second-order valence-electron chi connectivity index (χ2n) is 17.2. The van der Waals surface area contributed by atoms with Gasteiger partial charge in [-0.2, -0.15) is 0 Å². The fourth-order valence-electron chi connectivity index (χ4n) is 9.16. The molecule has 0 unspecified atom stereocenters. The fraction of sp³-hybridized carbons (Fsp3) is 0. The van der Waals surface area contributed by atoms with Gasteiger partial charge >= 0.3 is 33.0 Å². The van der Waals surface area contributed by atoms with Crippen LogP contribution in [-0.4, -0.2) is 0 Å². The summed E-state index contributed by atoms with van der Waals surface area (Å²) in [5, 5.41) is 6.83. The molecule has 0 fully saturated rings. The van der Waals surface area contributed by atoms with Gasteiger partial charge in [0.25, 0.3) is 0 Å². The smallest absolute Gasteiger partial charge is 0.390 e. The van der Waals surface area contributed by atoms with E-state index < -0.39 is 33.0 Å². The Hall–Kier alpha value is -9.00. The highest BCUT2D eigenvalue weighted by Gasteiger charge is 2.28. The van der Waals surface area contributed by atoms with Gasteiger partial charge in [-0.1, -0.05) is 158 Å². The van der Waals surface area contributed by atoms with Crippen molar-refractivity contribution in [2.45, 2.75) is 0 Å². The van der Waals surface area contributed by atoms with Crippen molar-refractivity contribution in [2.75, 3.05) is 0 Å². The van der Waals surface area contributed by atoms with E-state index in [1.807, 2.05) is 206 Å². The van der Waals surface area contributed by atoms with Crippen LogP contribution in [0.4, 0.5) is 0 Å². The largest absolute Gasteiger partial charge is 0.453 e. The van der Waals surface area contributed by atoms with Crippen LogP contribution in [0.25, 0.3) is 98.9 Å². The van der Waals surface area contributed by atoms with E-state index in [1.165, 1.54) is 0 Å². The molecule has 14 rings (SSSR count). The summed E-state index contributed by atoms with van der Waals surface area (Å²) < 4.78 is 81.7. The summed E-state index contributed by atoms with van der Waals surface area (Å²) in [4.78, 5) is 0. The first-order valence-electron chi connectivity index (χ1n) is 24.0. The predicted molar refractivity (Wildman–Crippen MR) is 301 cm³/mol. The molecule has 0 aliphatic rings. The van der Waals surface area contributed by atoms with Crippen molar-refractivity contribution in [1.29, 1.82) is 0 Å². The molecule has 0 N–H and O–H groups in total. The summed E-state index contributed by atoms with van der Waals surface area (Å²) in [6.07, 6.45) is 0. The van der Waals surface area contributed by atoms with Crippen LogP contribution in [-0.2, 0) is 0 Å². The third kappa shape index (κ3) is 8.69. The third-order valence-electron chi connectivity index (χ3n) is 12.6. The zero-order valence-electron chi connectivity index (χ0n) is 39.6. The molecule has 76 heavy (non-hydrogen) atoms. The van der Waals surface area contributed by atoms with Crippen LogP contribution >= 0.6 is 33.0 Å². The van der Waals surface area contributed by atoms with E-state index in [4.69, 9.17) is 51.7 Å². The van der Waals surface area contributed by atoms with E-state index >= 15 is 0 Å². The second-order valence-corrected chi connectivity index (χ2v) is 21.2. The minimum Gasteiger partial charge on any atom is -0.390 e. The highest BCUT2D eigenvalue weighted by atomic mass is 31.1. The van der Waals surface area contributed by atoms with Gasteiger partial charge in [0.1, 0.15) is 67.7 Å². The summed E-state index contributed by atoms with van der Waals surface area (Å²) in [5.74, 6) is 1.07. The van der Waals surface area contributed by atoms with E-state index in [-0.39, 0.29) is 23.0 Å². The van der Waals surface area contributed by atoms with Crippen molar-refractivity contribution in [1.82, 2.24) is 0 Å². The van der Waals surface area contributed by atoms with Crippen molar-refractivity contribution in [3.8, 4) is 34.1 Å². The maximum absolute atomic E-state index is 7.06. The van der Waals surface area contributed by atoms with Crippen LogP contribution in [0.1, 0.15) is 0 Å². The van der Waals surface area contributed by atoms with E-state index in [2.05, 4.69) is 0 Å². The van der Waals surface area contributed by atoms with Gasteiger partial charge < -0.3 is 51.7 Å². The van der Waals surface area contributed by atoms with Gasteiger partial charge in [0.2, 0.25) is 0 Å². The summed E-state index contributed by atoms with van der Waals surface area (Å²) in [5.41, 5.74) is 5.36. The molecule has 12 nitrogen and oxygen atoms in total. The van der Waals surface area contributed by atoms with Gasteiger partial charge in [0, 0.05) is 43.1 Å². The SMILES string of the molecule is c1cc(Op2oc3ccccc3c3ccccc3o2)c(-c2c(Op3oc4ccccc4c4ccccc4o3)cccc2Op2oc3ccccc3c3ccccc3o2)c(Op2oc3ccccc3c3ccccc3o2)c1. The number of fused-ring (bicyclic) bond motifs is 12. The number of hydrogen-bond acceptors (Lipinski definition) is 12. The maximum atomic E-state index is 7.06. The van der Waals surface area contributed by atoms with Crippen LogP contribution < -0.4 is 18.1 Å². The summed E-state index contributed by atoms with van der Waals surface area (Å²) in [7, 11) is -8.88. The molecule has 0 atom stereocenters. The molecule has 0 amide bonds. The first kappa shape index (κ1) is 45.6. The van der Waals surface area contributed by atoms with E-state index in [0.29, 0.717) is 55.8 Å². The summed E-state index contributed by atoms with van der Waals surface area (Å²) >= 11 is 0. The average Bonchev–Trinajstić information content (AvgIpc) is 3.90. The lowest BCUT2D eigenvalue weighted by Crippen LogP contribution is -1.95. The Morgan fingerprint density at radius 3 is 0.513 bits per heavy atom. The molecule has 16 heteroatoms. The van der Waals surface area contributed by atoms with Crippen LogP contribution in [0.5, 0.6) is 23.0 Å². The fourth-order valence-corrected chi connectivity index (χ4v) is 13.4. The van der Waals surface area contributed by atoms with Crippen molar-refractivity contribution >= 4 is 121 Å². The minimum atomic E-state index is -2.22. The van der Waals surface area contributed by atoms with Gasteiger partial charge in [-0.3, -0.25) is 0 Å². The molecule has 0 saturated carbocycles. The molecular weight excluding hydrogens is 1040 g/mol. The lowest BCUT2D eigenvalue weighted by atomic mass is 10.0. The van der Waals surface area contributed by atoms with Crippen LogP contribution in [0, 0.1) is 0 Å². The predicted octanol–water partition coefficient (Wildman–Crippen LogP) is 21.1. The number of hydrogen-bond donors (Lipinski definition) is 0. The van der Waals surface area contributed by atoms with Gasteiger partial charge in [0.05, 0.1) is 11.1 Å². The molecule has 0 radical (unpaired) electrons. The summed E-state index contributed by atoms with van der Waals surface area (Å²) in [6, 6.07) is 72.9. The first-order valence-corrected chi connectivity index (χ1v) is 28.4. The molecule has 4 heterocycles. The number of benzene rings is 10. The van der Waals surface area contributed by atoms with Gasteiger partial charge in [-0.25, -0.2) is 0 Å². The average molecular weight is 1070 g/mol. The van der Waals surface area contributed by atoms with E-state index in [0.717, 1.165) is 43.1 Å². The Balaban J connectivity index is 1.04. The Morgan fingerprint density at radius 2 is 0.342 bits per heavy atom. The highest BCUT2D eigenvalue weighted by Crippen LogP contribution is 2.55. The molecule has 0 saturated heterocycles. The lowest BCUT2D eigenvalue weighted by molar-refractivity contribution is 0.477. The van der Waals surface area contributed by atoms with E-state index in [1.54, 1.807) is 24.3 Å². The normalized spacial score (nSPS) is 11.4. The quantitative estimate of drug-likeness (QED) is 0.136. The highest BCUT2D eigenvalue weighted by molar-refractivity contribution is 7.33. The van der Waals surface area contributed by atoms with E-state index in [9.17, 15) is 0 Å². The Labute approximate surface area is 435 Å². The summed E-state index contributed by atoms with van der Waals surface area (Å²) in [6.45, 7) is 0. The molecular formula is C60H38O12P4. The zero-order valence-corrected chi connectivity index (χ0v) is 43.2. The molecule has 10 aromatic carbocycles. The number of para-hydroxylation sites is 8. The van der Waals surface area contributed by atoms with Gasteiger partial charge in [-0.05, 0) is 72.8 Å². The lowest BCUT2D eigenvalue weighted by Gasteiger charge is -2.18. The van der Waals surface area contributed by atoms with Crippen LogP contribution in [0.3, 0.4) is 0 Å². The van der Waals surface area contributed by atoms with Crippen molar-refractivity contribution in [2.24, 2.45) is 0 Å². The molecule has 0 aliphatic heterocycles. The van der Waals surface area contributed by atoms with Crippen molar-refractivity contribution in [3.63, 3.8) is 0 Å². The molecule has 4 aromatic heterocycles. The van der Waals surface area contributed by atoms with Crippen LogP contribution in [0.2, 0.25) is 0 Å². The van der Waals surface area contributed by atoms with Crippen molar-refractivity contribution < 1.29 is 51.7 Å². The monoisotopic (exact) mass is 1070 g/mol. The van der Waals surface area contributed by atoms with Crippen LogP contribution in [0.15, 0.2) is 264 Å². The zero-order chi connectivity index (χ0) is 50.4. The minimum absolute atomic E-state index is 0.268. The second kappa shape index (κ2) is 19.7.